The third-order valence-electron chi connectivity index (χ3n) is 3.25. The van der Waals surface area contributed by atoms with Gasteiger partial charge in [0.25, 0.3) is 0 Å². The third-order valence-corrected chi connectivity index (χ3v) is 6.58. The number of aliphatic hydroxyl groups excluding tert-OH is 1. The molecule has 0 radical (unpaired) electrons. The molecule has 118 valence electrons. The first-order valence-electron chi connectivity index (χ1n) is 6.28. The van der Waals surface area contributed by atoms with Gasteiger partial charge in [0.15, 0.2) is 9.84 Å². The van der Waals surface area contributed by atoms with Gasteiger partial charge < -0.3 is 9.84 Å². The van der Waals surface area contributed by atoms with Gasteiger partial charge in [0.2, 0.25) is 10.0 Å². The second-order valence-corrected chi connectivity index (χ2v) is 8.78. The van der Waals surface area contributed by atoms with Crippen LogP contribution in [0.2, 0.25) is 0 Å². The van der Waals surface area contributed by atoms with Crippen LogP contribution < -0.4 is 9.46 Å². The molecule has 21 heavy (non-hydrogen) atoms. The van der Waals surface area contributed by atoms with Gasteiger partial charge >= 0.3 is 0 Å². The lowest BCUT2D eigenvalue weighted by Gasteiger charge is -2.14. The molecule has 0 amide bonds. The third kappa shape index (κ3) is 3.73. The maximum atomic E-state index is 12.3. The standard InChI is InChI=1S/C12H17NO6S2/c1-19-11-6-9(7-14)2-3-12(11)21(17,18)13-10-4-5-20(15,16)8-10/h2-3,6,10,13-14H,4-5,7-8H2,1H3. The maximum absolute atomic E-state index is 12.3. The molecule has 0 aromatic heterocycles. The molecule has 7 nitrogen and oxygen atoms in total. The van der Waals surface area contributed by atoms with E-state index in [1.165, 1.54) is 25.3 Å². The van der Waals surface area contributed by atoms with Gasteiger partial charge in [-0.05, 0) is 24.1 Å². The van der Waals surface area contributed by atoms with Gasteiger partial charge in [-0.3, -0.25) is 0 Å². The smallest absolute Gasteiger partial charge is 0.244 e. The molecule has 1 heterocycles. The zero-order valence-electron chi connectivity index (χ0n) is 11.4. The Balaban J connectivity index is 2.28. The first-order chi connectivity index (χ1) is 9.77. The van der Waals surface area contributed by atoms with Gasteiger partial charge in [-0.2, -0.15) is 0 Å². The Hall–Kier alpha value is -1.16. The van der Waals surface area contributed by atoms with Gasteiger partial charge in [0.1, 0.15) is 10.6 Å². The summed E-state index contributed by atoms with van der Waals surface area (Å²) in [5.41, 5.74) is 0.522. The van der Waals surface area contributed by atoms with Crippen LogP contribution >= 0.6 is 0 Å². The molecule has 0 aliphatic carbocycles. The molecular formula is C12H17NO6S2. The summed E-state index contributed by atoms with van der Waals surface area (Å²) in [6, 6.07) is 3.61. The maximum Gasteiger partial charge on any atom is 0.244 e. The van der Waals surface area contributed by atoms with Gasteiger partial charge in [-0.25, -0.2) is 21.6 Å². The van der Waals surface area contributed by atoms with Crippen LogP contribution in [0, 0.1) is 0 Å². The van der Waals surface area contributed by atoms with E-state index >= 15 is 0 Å². The zero-order chi connectivity index (χ0) is 15.7. The van der Waals surface area contributed by atoms with E-state index in [4.69, 9.17) is 9.84 Å². The second kappa shape index (κ2) is 5.91. The second-order valence-electron chi connectivity index (χ2n) is 4.86. The van der Waals surface area contributed by atoms with Crippen LogP contribution in [0.15, 0.2) is 23.1 Å². The zero-order valence-corrected chi connectivity index (χ0v) is 13.1. The van der Waals surface area contributed by atoms with E-state index in [2.05, 4.69) is 4.72 Å². The van der Waals surface area contributed by atoms with Crippen molar-refractivity contribution in [2.24, 2.45) is 0 Å². The Morgan fingerprint density at radius 1 is 1.43 bits per heavy atom. The van der Waals surface area contributed by atoms with Crippen molar-refractivity contribution in [1.29, 1.82) is 0 Å². The van der Waals surface area contributed by atoms with Crippen molar-refractivity contribution in [3.63, 3.8) is 0 Å². The molecule has 1 unspecified atom stereocenters. The minimum atomic E-state index is -3.88. The first kappa shape index (κ1) is 16.2. The van der Waals surface area contributed by atoms with E-state index in [1.54, 1.807) is 0 Å². The molecule has 1 aromatic carbocycles. The number of nitrogens with one attached hydrogen (secondary N) is 1. The summed E-state index contributed by atoms with van der Waals surface area (Å²) in [5.74, 6) is -0.0979. The topological polar surface area (TPSA) is 110 Å². The Kier molecular flexibility index (Phi) is 4.57. The van der Waals surface area contributed by atoms with E-state index < -0.39 is 25.9 Å². The predicted octanol–water partition coefficient (Wildman–Crippen LogP) is -0.347. The lowest BCUT2D eigenvalue weighted by molar-refractivity contribution is 0.280. The molecule has 0 saturated carbocycles. The van der Waals surface area contributed by atoms with Gasteiger partial charge in [-0.1, -0.05) is 6.07 Å². The summed E-state index contributed by atoms with van der Waals surface area (Å²) in [5, 5.41) is 9.05. The number of ether oxygens (including phenoxy) is 1. The van der Waals surface area contributed by atoms with Crippen LogP contribution in [0.5, 0.6) is 5.75 Å². The van der Waals surface area contributed by atoms with Crippen LogP contribution in [0.25, 0.3) is 0 Å². The Bertz CT molecular complexity index is 726. The number of sulfonamides is 1. The molecule has 0 spiro atoms. The quantitative estimate of drug-likeness (QED) is 0.761. The highest BCUT2D eigenvalue weighted by Crippen LogP contribution is 2.26. The van der Waals surface area contributed by atoms with Crippen LogP contribution in [0.3, 0.4) is 0 Å². The van der Waals surface area contributed by atoms with Gasteiger partial charge in [0, 0.05) is 6.04 Å². The van der Waals surface area contributed by atoms with E-state index in [0.29, 0.717) is 5.56 Å². The largest absolute Gasteiger partial charge is 0.495 e. The summed E-state index contributed by atoms with van der Waals surface area (Å²) in [6.45, 7) is -0.231. The van der Waals surface area contributed by atoms with Crippen LogP contribution in [0.1, 0.15) is 12.0 Å². The monoisotopic (exact) mass is 335 g/mol. The minimum absolute atomic E-state index is 0.0131. The molecule has 2 N–H and O–H groups in total. The first-order valence-corrected chi connectivity index (χ1v) is 9.58. The van der Waals surface area contributed by atoms with Crippen molar-refractivity contribution in [3.8, 4) is 5.75 Å². The lowest BCUT2D eigenvalue weighted by atomic mass is 10.2. The Morgan fingerprint density at radius 3 is 2.67 bits per heavy atom. The number of sulfone groups is 1. The van der Waals surface area contributed by atoms with Crippen LogP contribution in [-0.4, -0.2) is 46.6 Å². The highest BCUT2D eigenvalue weighted by molar-refractivity contribution is 7.92. The van der Waals surface area contributed by atoms with Crippen molar-refractivity contribution in [3.05, 3.63) is 23.8 Å². The molecule has 1 atom stereocenters. The predicted molar refractivity (Wildman–Crippen MR) is 76.3 cm³/mol. The molecule has 0 bridgehead atoms. The van der Waals surface area contributed by atoms with Gasteiger partial charge in [-0.15, -0.1) is 0 Å². The molecule has 1 saturated heterocycles. The average molecular weight is 335 g/mol. The molecule has 1 aliphatic rings. The molecule has 9 heteroatoms. The Morgan fingerprint density at radius 2 is 2.14 bits per heavy atom. The van der Waals surface area contributed by atoms with Crippen molar-refractivity contribution >= 4 is 19.9 Å². The van der Waals surface area contributed by atoms with Crippen molar-refractivity contribution < 1.29 is 26.7 Å². The number of aliphatic hydroxyl groups is 1. The van der Waals surface area contributed by atoms with E-state index in [9.17, 15) is 16.8 Å². The fourth-order valence-corrected chi connectivity index (χ4v) is 5.40. The Labute approximate surface area is 123 Å². The number of methoxy groups -OCH3 is 1. The summed E-state index contributed by atoms with van der Waals surface area (Å²) in [6.07, 6.45) is 0.263. The number of rotatable bonds is 5. The van der Waals surface area contributed by atoms with E-state index in [0.717, 1.165) is 0 Å². The van der Waals surface area contributed by atoms with E-state index in [1.807, 2.05) is 0 Å². The highest BCUT2D eigenvalue weighted by atomic mass is 32.2. The van der Waals surface area contributed by atoms with Gasteiger partial charge in [0.05, 0.1) is 25.2 Å². The number of hydrogen-bond donors (Lipinski definition) is 2. The van der Waals surface area contributed by atoms with Crippen molar-refractivity contribution in [2.45, 2.75) is 24.0 Å². The minimum Gasteiger partial charge on any atom is -0.495 e. The van der Waals surface area contributed by atoms with E-state index in [-0.39, 0.29) is 35.2 Å². The highest BCUT2D eigenvalue weighted by Gasteiger charge is 2.32. The average Bonchev–Trinajstić information content (AvgIpc) is 2.76. The summed E-state index contributed by atoms with van der Waals surface area (Å²) >= 11 is 0. The molecule has 2 rings (SSSR count). The molecule has 1 fully saturated rings. The van der Waals surface area contributed by atoms with Crippen LogP contribution in [-0.2, 0) is 26.5 Å². The summed E-state index contributed by atoms with van der Waals surface area (Å²) in [4.78, 5) is -0.0773. The number of hydrogen-bond acceptors (Lipinski definition) is 6. The normalized spacial score (nSPS) is 21.3. The molecular weight excluding hydrogens is 318 g/mol. The lowest BCUT2D eigenvalue weighted by Crippen LogP contribution is -2.35. The summed E-state index contributed by atoms with van der Waals surface area (Å²) < 4.78 is 54.8. The van der Waals surface area contributed by atoms with Crippen molar-refractivity contribution in [2.75, 3.05) is 18.6 Å². The summed E-state index contributed by atoms with van der Waals surface area (Å²) in [7, 11) is -5.72. The van der Waals surface area contributed by atoms with Crippen molar-refractivity contribution in [1.82, 2.24) is 4.72 Å². The molecule has 1 aliphatic heterocycles. The van der Waals surface area contributed by atoms with Crippen LogP contribution in [0.4, 0.5) is 0 Å². The molecule has 1 aromatic rings. The fraction of sp³-hybridized carbons (Fsp3) is 0.500. The number of benzene rings is 1. The SMILES string of the molecule is COc1cc(CO)ccc1S(=O)(=O)NC1CCS(=O)(=O)C1. The fourth-order valence-electron chi connectivity index (χ4n) is 2.20.